The van der Waals surface area contributed by atoms with E-state index in [9.17, 15) is 13.6 Å². The van der Waals surface area contributed by atoms with Gasteiger partial charge in [0, 0.05) is 4.47 Å². The number of halogens is 3. The largest absolute Gasteiger partial charge is 0.320 e. The molecule has 0 aliphatic heterocycles. The van der Waals surface area contributed by atoms with Gasteiger partial charge in [-0.3, -0.25) is 4.79 Å². The molecule has 0 radical (unpaired) electrons. The van der Waals surface area contributed by atoms with Crippen LogP contribution in [0.1, 0.15) is 20.3 Å². The van der Waals surface area contributed by atoms with E-state index in [1.807, 2.05) is 13.8 Å². The minimum absolute atomic E-state index is 0.227. The maximum Gasteiger partial charge on any atom is 0.241 e. The lowest BCUT2D eigenvalue weighted by Crippen LogP contribution is -2.37. The summed E-state index contributed by atoms with van der Waals surface area (Å²) in [6, 6.07) is 1.37. The number of carbonyl (C=O) groups excluding carboxylic acids is 1. The molecule has 1 rings (SSSR count). The third-order valence-electron chi connectivity index (χ3n) is 2.32. The van der Waals surface area contributed by atoms with E-state index in [0.29, 0.717) is 6.42 Å². The van der Waals surface area contributed by atoms with Crippen LogP contribution in [0.4, 0.5) is 14.5 Å². The fourth-order valence-electron chi connectivity index (χ4n) is 1.49. The predicted octanol–water partition coefficient (Wildman–Crippen LogP) is 3.04. The average Bonchev–Trinajstić information content (AvgIpc) is 2.21. The number of nitrogens with two attached hydrogens (primary N) is 1. The van der Waals surface area contributed by atoms with Gasteiger partial charge in [0.1, 0.15) is 5.69 Å². The van der Waals surface area contributed by atoms with Gasteiger partial charge in [-0.15, -0.1) is 0 Å². The molecule has 0 spiro atoms. The van der Waals surface area contributed by atoms with Crippen LogP contribution in [0.25, 0.3) is 0 Å². The highest BCUT2D eigenvalue weighted by atomic mass is 79.9. The van der Waals surface area contributed by atoms with E-state index in [2.05, 4.69) is 21.2 Å². The van der Waals surface area contributed by atoms with Crippen LogP contribution >= 0.6 is 15.9 Å². The Labute approximate surface area is 113 Å². The zero-order valence-corrected chi connectivity index (χ0v) is 11.7. The third kappa shape index (κ3) is 4.03. The highest BCUT2D eigenvalue weighted by molar-refractivity contribution is 9.10. The van der Waals surface area contributed by atoms with Gasteiger partial charge in [0.25, 0.3) is 0 Å². The lowest BCUT2D eigenvalue weighted by molar-refractivity contribution is -0.117. The van der Waals surface area contributed by atoms with Crippen molar-refractivity contribution < 1.29 is 13.6 Å². The van der Waals surface area contributed by atoms with Crippen LogP contribution in [0, 0.1) is 17.6 Å². The highest BCUT2D eigenvalue weighted by Crippen LogP contribution is 2.24. The topological polar surface area (TPSA) is 55.1 Å². The summed E-state index contributed by atoms with van der Waals surface area (Å²) in [7, 11) is 0. The number of anilines is 1. The van der Waals surface area contributed by atoms with E-state index >= 15 is 0 Å². The quantitative estimate of drug-likeness (QED) is 0.895. The third-order valence-corrected chi connectivity index (χ3v) is 2.78. The average molecular weight is 321 g/mol. The summed E-state index contributed by atoms with van der Waals surface area (Å²) in [5.74, 6) is -2.05. The SMILES string of the molecule is CC(C)C[C@@H](N)C(=O)Nc1c(F)cc(Br)cc1F. The first kappa shape index (κ1) is 15.0. The number of rotatable bonds is 4. The Hall–Kier alpha value is -1.01. The summed E-state index contributed by atoms with van der Waals surface area (Å²) in [5, 5.41) is 2.18. The standard InChI is InChI=1S/C12H15BrF2N2O/c1-6(2)3-10(16)12(18)17-11-8(14)4-7(13)5-9(11)15/h4-6,10H,3,16H2,1-2H3,(H,17,18)/t10-/m1/s1. The molecule has 1 aromatic carbocycles. The second kappa shape index (κ2) is 6.24. The van der Waals surface area contributed by atoms with Gasteiger partial charge in [0.15, 0.2) is 11.6 Å². The first-order valence-electron chi connectivity index (χ1n) is 5.52. The van der Waals surface area contributed by atoms with Crippen molar-refractivity contribution in [1.82, 2.24) is 0 Å². The molecule has 0 heterocycles. The Bertz CT molecular complexity index is 429. The first-order valence-corrected chi connectivity index (χ1v) is 6.31. The van der Waals surface area contributed by atoms with Crippen LogP contribution in [-0.2, 0) is 4.79 Å². The van der Waals surface area contributed by atoms with E-state index in [1.54, 1.807) is 0 Å². The van der Waals surface area contributed by atoms with Crippen LogP contribution in [0.2, 0.25) is 0 Å². The molecule has 0 aliphatic rings. The van der Waals surface area contributed by atoms with Gasteiger partial charge in [-0.25, -0.2) is 8.78 Å². The van der Waals surface area contributed by atoms with Crippen molar-refractivity contribution in [1.29, 1.82) is 0 Å². The van der Waals surface area contributed by atoms with E-state index in [0.717, 1.165) is 12.1 Å². The number of benzene rings is 1. The summed E-state index contributed by atoms with van der Waals surface area (Å²) in [5.41, 5.74) is 5.16. The van der Waals surface area contributed by atoms with Gasteiger partial charge >= 0.3 is 0 Å². The molecule has 6 heteroatoms. The highest BCUT2D eigenvalue weighted by Gasteiger charge is 2.19. The van der Waals surface area contributed by atoms with E-state index in [4.69, 9.17) is 5.73 Å². The molecule has 3 N–H and O–H groups in total. The van der Waals surface area contributed by atoms with Crippen molar-refractivity contribution in [3.63, 3.8) is 0 Å². The van der Waals surface area contributed by atoms with Gasteiger partial charge in [0.05, 0.1) is 6.04 Å². The molecule has 1 amide bonds. The molecule has 0 saturated heterocycles. The van der Waals surface area contributed by atoms with Gasteiger partial charge < -0.3 is 11.1 Å². The van der Waals surface area contributed by atoms with Gasteiger partial charge in [-0.2, -0.15) is 0 Å². The van der Waals surface area contributed by atoms with Crippen LogP contribution in [0.15, 0.2) is 16.6 Å². The summed E-state index contributed by atoms with van der Waals surface area (Å²) in [6.45, 7) is 3.82. The van der Waals surface area contributed by atoms with Gasteiger partial charge in [-0.1, -0.05) is 29.8 Å². The fourth-order valence-corrected chi connectivity index (χ4v) is 1.89. The summed E-state index contributed by atoms with van der Waals surface area (Å²) in [4.78, 5) is 11.7. The summed E-state index contributed by atoms with van der Waals surface area (Å²) >= 11 is 2.96. The lowest BCUT2D eigenvalue weighted by atomic mass is 10.0. The molecule has 1 aromatic rings. The number of carbonyl (C=O) groups is 1. The van der Waals surface area contributed by atoms with Crippen molar-refractivity contribution >= 4 is 27.5 Å². The van der Waals surface area contributed by atoms with Crippen molar-refractivity contribution in [3.8, 4) is 0 Å². The van der Waals surface area contributed by atoms with Crippen molar-refractivity contribution in [3.05, 3.63) is 28.2 Å². The molecule has 100 valence electrons. The van der Waals surface area contributed by atoms with Gasteiger partial charge in [0.2, 0.25) is 5.91 Å². The van der Waals surface area contributed by atoms with E-state index in [1.165, 1.54) is 0 Å². The maximum absolute atomic E-state index is 13.5. The molecule has 3 nitrogen and oxygen atoms in total. The molecule has 18 heavy (non-hydrogen) atoms. The Morgan fingerprint density at radius 1 is 1.39 bits per heavy atom. The van der Waals surface area contributed by atoms with Crippen LogP contribution in [0.3, 0.4) is 0 Å². The molecular formula is C12H15BrF2N2O. The minimum Gasteiger partial charge on any atom is -0.320 e. The Morgan fingerprint density at radius 3 is 2.33 bits per heavy atom. The van der Waals surface area contributed by atoms with Crippen molar-refractivity contribution in [2.24, 2.45) is 11.7 Å². The Morgan fingerprint density at radius 2 is 1.89 bits per heavy atom. The predicted molar refractivity (Wildman–Crippen MR) is 70.1 cm³/mol. The normalized spacial score (nSPS) is 12.6. The van der Waals surface area contributed by atoms with Crippen LogP contribution in [-0.4, -0.2) is 11.9 Å². The summed E-state index contributed by atoms with van der Waals surface area (Å²) < 4.78 is 27.2. The zero-order chi connectivity index (χ0) is 13.9. The molecule has 0 bridgehead atoms. The minimum atomic E-state index is -0.841. The number of amides is 1. The van der Waals surface area contributed by atoms with Crippen molar-refractivity contribution in [2.75, 3.05) is 5.32 Å². The van der Waals surface area contributed by atoms with Crippen LogP contribution in [0.5, 0.6) is 0 Å². The molecular weight excluding hydrogens is 306 g/mol. The second-order valence-corrected chi connectivity index (χ2v) is 5.39. The van der Waals surface area contributed by atoms with Gasteiger partial charge in [-0.05, 0) is 24.5 Å². The van der Waals surface area contributed by atoms with E-state index in [-0.39, 0.29) is 10.4 Å². The van der Waals surface area contributed by atoms with Crippen LogP contribution < -0.4 is 11.1 Å². The molecule has 1 atom stereocenters. The Kier molecular flexibility index (Phi) is 5.22. The molecule has 0 aliphatic carbocycles. The second-order valence-electron chi connectivity index (χ2n) is 4.47. The number of hydrogen-bond acceptors (Lipinski definition) is 2. The summed E-state index contributed by atoms with van der Waals surface area (Å²) in [6.07, 6.45) is 0.450. The fraction of sp³-hybridized carbons (Fsp3) is 0.417. The maximum atomic E-state index is 13.5. The number of hydrogen-bond donors (Lipinski definition) is 2. The smallest absolute Gasteiger partial charge is 0.241 e. The van der Waals surface area contributed by atoms with Crippen molar-refractivity contribution in [2.45, 2.75) is 26.3 Å². The van der Waals surface area contributed by atoms with E-state index < -0.39 is 29.3 Å². The molecule has 0 saturated carbocycles. The lowest BCUT2D eigenvalue weighted by Gasteiger charge is -2.15. The molecule has 0 aromatic heterocycles. The Balaban J connectivity index is 2.82. The monoisotopic (exact) mass is 320 g/mol. The zero-order valence-electron chi connectivity index (χ0n) is 10.1. The number of nitrogens with one attached hydrogen (secondary N) is 1. The molecule has 0 fully saturated rings. The first-order chi connectivity index (χ1) is 8.31. The molecule has 0 unspecified atom stereocenters.